The van der Waals surface area contributed by atoms with Gasteiger partial charge in [-0.15, -0.1) is 0 Å². The molecule has 1 saturated carbocycles. The van der Waals surface area contributed by atoms with E-state index in [1.807, 2.05) is 6.07 Å². The third-order valence-electron chi connectivity index (χ3n) is 2.92. The molecule has 1 aromatic carbocycles. The highest BCUT2D eigenvalue weighted by molar-refractivity contribution is 5.92. The molecule has 2 rings (SSSR count). The summed E-state index contributed by atoms with van der Waals surface area (Å²) in [7, 11) is 0. The molecule has 0 spiro atoms. The van der Waals surface area contributed by atoms with Gasteiger partial charge in [0, 0.05) is 5.69 Å². The maximum Gasteiger partial charge on any atom is 0.326 e. The van der Waals surface area contributed by atoms with Gasteiger partial charge in [0.2, 0.25) is 0 Å². The van der Waals surface area contributed by atoms with Gasteiger partial charge in [0.05, 0.1) is 11.6 Å². The second kappa shape index (κ2) is 5.40. The topological polar surface area (TPSA) is 102 Å². The van der Waals surface area contributed by atoms with Crippen molar-refractivity contribution in [2.75, 3.05) is 5.32 Å². The molecule has 1 aliphatic rings. The molecule has 0 aliphatic heterocycles. The van der Waals surface area contributed by atoms with Gasteiger partial charge in [0.1, 0.15) is 6.04 Å². The first-order chi connectivity index (χ1) is 9.10. The van der Waals surface area contributed by atoms with Crippen LogP contribution in [-0.4, -0.2) is 23.1 Å². The molecular weight excluding hydrogens is 246 g/mol. The number of carbonyl (C=O) groups is 2. The first kappa shape index (κ1) is 12.9. The number of nitrogens with one attached hydrogen (secondary N) is 2. The predicted molar refractivity (Wildman–Crippen MR) is 67.5 cm³/mol. The lowest BCUT2D eigenvalue weighted by Crippen LogP contribution is -2.44. The summed E-state index contributed by atoms with van der Waals surface area (Å²) in [6, 6.07) is 6.91. The second-order valence-electron chi connectivity index (χ2n) is 4.44. The molecule has 0 aromatic heterocycles. The van der Waals surface area contributed by atoms with Crippen molar-refractivity contribution in [2.24, 2.45) is 5.92 Å². The molecule has 2 amide bonds. The van der Waals surface area contributed by atoms with Gasteiger partial charge in [-0.2, -0.15) is 5.26 Å². The number of rotatable bonds is 4. The Balaban J connectivity index is 1.92. The van der Waals surface area contributed by atoms with Crippen LogP contribution in [0.4, 0.5) is 10.5 Å². The van der Waals surface area contributed by atoms with Crippen LogP contribution in [0.1, 0.15) is 18.4 Å². The summed E-state index contributed by atoms with van der Waals surface area (Å²) >= 11 is 0. The average molecular weight is 259 g/mol. The van der Waals surface area contributed by atoms with E-state index in [1.54, 1.807) is 24.3 Å². The Labute approximate surface area is 110 Å². The maximum atomic E-state index is 11.7. The van der Waals surface area contributed by atoms with Gasteiger partial charge in [-0.3, -0.25) is 0 Å². The van der Waals surface area contributed by atoms with E-state index in [0.717, 1.165) is 12.8 Å². The van der Waals surface area contributed by atoms with Crippen LogP contribution in [0.5, 0.6) is 0 Å². The van der Waals surface area contributed by atoms with Crippen LogP contribution in [0.3, 0.4) is 0 Å². The largest absolute Gasteiger partial charge is 0.480 e. The Morgan fingerprint density at radius 2 is 1.95 bits per heavy atom. The van der Waals surface area contributed by atoms with E-state index >= 15 is 0 Å². The molecule has 6 heteroatoms. The minimum Gasteiger partial charge on any atom is -0.480 e. The highest BCUT2D eigenvalue weighted by Gasteiger charge is 2.37. The highest BCUT2D eigenvalue weighted by Crippen LogP contribution is 2.32. The van der Waals surface area contributed by atoms with Crippen molar-refractivity contribution in [3.63, 3.8) is 0 Å². The first-order valence-electron chi connectivity index (χ1n) is 5.90. The SMILES string of the molecule is N#Cc1ccc(NC(=O)NC(C(=O)O)C2CC2)cc1. The Morgan fingerprint density at radius 3 is 2.42 bits per heavy atom. The molecule has 1 unspecified atom stereocenters. The molecule has 3 N–H and O–H groups in total. The first-order valence-corrected chi connectivity index (χ1v) is 5.90. The third-order valence-corrected chi connectivity index (χ3v) is 2.92. The fourth-order valence-electron chi connectivity index (χ4n) is 1.75. The third kappa shape index (κ3) is 3.45. The lowest BCUT2D eigenvalue weighted by atomic mass is 10.2. The zero-order chi connectivity index (χ0) is 13.8. The minimum absolute atomic E-state index is 0.0317. The van der Waals surface area contributed by atoms with Crippen molar-refractivity contribution in [3.05, 3.63) is 29.8 Å². The Morgan fingerprint density at radius 1 is 1.32 bits per heavy atom. The number of carboxylic acids is 1. The number of carboxylic acid groups (broad SMARTS) is 1. The fraction of sp³-hybridized carbons (Fsp3) is 0.308. The molecule has 1 fully saturated rings. The van der Waals surface area contributed by atoms with Crippen LogP contribution >= 0.6 is 0 Å². The summed E-state index contributed by atoms with van der Waals surface area (Å²) in [5, 5.41) is 22.6. The number of nitrogens with zero attached hydrogens (tertiary/aromatic N) is 1. The minimum atomic E-state index is -1.02. The molecule has 0 heterocycles. The molecule has 0 radical (unpaired) electrons. The molecule has 1 atom stereocenters. The highest BCUT2D eigenvalue weighted by atomic mass is 16.4. The van der Waals surface area contributed by atoms with E-state index in [0.29, 0.717) is 11.3 Å². The molecule has 1 aromatic rings. The van der Waals surface area contributed by atoms with Gasteiger partial charge in [0.25, 0.3) is 0 Å². The summed E-state index contributed by atoms with van der Waals surface area (Å²) in [6.45, 7) is 0. The second-order valence-corrected chi connectivity index (χ2v) is 4.44. The summed E-state index contributed by atoms with van der Waals surface area (Å²) in [5.74, 6) is -0.985. The van der Waals surface area contributed by atoms with Crippen LogP contribution in [0, 0.1) is 17.2 Å². The summed E-state index contributed by atoms with van der Waals surface area (Å²) in [4.78, 5) is 22.6. The van der Waals surface area contributed by atoms with E-state index in [-0.39, 0.29) is 5.92 Å². The van der Waals surface area contributed by atoms with Crippen LogP contribution in [-0.2, 0) is 4.79 Å². The van der Waals surface area contributed by atoms with Crippen molar-refractivity contribution in [2.45, 2.75) is 18.9 Å². The Hall–Kier alpha value is -2.55. The number of aliphatic carboxylic acids is 1. The van der Waals surface area contributed by atoms with Crippen molar-refractivity contribution in [1.29, 1.82) is 5.26 Å². The number of amides is 2. The molecule has 0 saturated heterocycles. The lowest BCUT2D eigenvalue weighted by molar-refractivity contribution is -0.139. The smallest absolute Gasteiger partial charge is 0.326 e. The average Bonchev–Trinajstić information content (AvgIpc) is 3.21. The molecule has 98 valence electrons. The van der Waals surface area contributed by atoms with E-state index in [1.165, 1.54) is 0 Å². The summed E-state index contributed by atoms with van der Waals surface area (Å²) < 4.78 is 0. The van der Waals surface area contributed by atoms with Gasteiger partial charge < -0.3 is 15.7 Å². The van der Waals surface area contributed by atoms with Crippen LogP contribution in [0.15, 0.2) is 24.3 Å². The van der Waals surface area contributed by atoms with Gasteiger partial charge in [-0.25, -0.2) is 9.59 Å². The van der Waals surface area contributed by atoms with Crippen LogP contribution in [0.25, 0.3) is 0 Å². The Kier molecular flexibility index (Phi) is 3.66. The maximum absolute atomic E-state index is 11.7. The van der Waals surface area contributed by atoms with E-state index in [2.05, 4.69) is 10.6 Å². The monoisotopic (exact) mass is 259 g/mol. The Bertz CT molecular complexity index is 529. The molecular formula is C13H13N3O3. The van der Waals surface area contributed by atoms with Crippen molar-refractivity contribution in [3.8, 4) is 6.07 Å². The van der Waals surface area contributed by atoms with Crippen LogP contribution in [0.2, 0.25) is 0 Å². The van der Waals surface area contributed by atoms with Gasteiger partial charge in [0.15, 0.2) is 0 Å². The number of anilines is 1. The quantitative estimate of drug-likeness (QED) is 0.763. The zero-order valence-electron chi connectivity index (χ0n) is 10.1. The fourth-order valence-corrected chi connectivity index (χ4v) is 1.75. The standard InChI is InChI=1S/C13H13N3O3/c14-7-8-1-5-10(6-2-8)15-13(19)16-11(12(17)18)9-3-4-9/h1-2,5-6,9,11H,3-4H2,(H,17,18)(H2,15,16,19). The summed E-state index contributed by atoms with van der Waals surface area (Å²) in [6.07, 6.45) is 1.65. The van der Waals surface area contributed by atoms with E-state index in [9.17, 15) is 9.59 Å². The van der Waals surface area contributed by atoms with Gasteiger partial charge in [-0.1, -0.05) is 0 Å². The predicted octanol–water partition coefficient (Wildman–Crippen LogP) is 1.54. The number of urea groups is 1. The summed E-state index contributed by atoms with van der Waals surface area (Å²) in [5.41, 5.74) is 1.00. The van der Waals surface area contributed by atoms with E-state index in [4.69, 9.17) is 10.4 Å². The van der Waals surface area contributed by atoms with E-state index < -0.39 is 18.0 Å². The van der Waals surface area contributed by atoms with Crippen LogP contribution < -0.4 is 10.6 Å². The van der Waals surface area contributed by atoms with Crippen molar-refractivity contribution in [1.82, 2.24) is 5.32 Å². The number of carbonyl (C=O) groups excluding carboxylic acids is 1. The zero-order valence-corrected chi connectivity index (χ0v) is 10.1. The van der Waals surface area contributed by atoms with Gasteiger partial charge in [-0.05, 0) is 43.0 Å². The number of nitriles is 1. The lowest BCUT2D eigenvalue weighted by Gasteiger charge is -2.14. The normalized spacial score (nSPS) is 15.1. The number of hydrogen-bond acceptors (Lipinski definition) is 3. The molecule has 0 bridgehead atoms. The van der Waals surface area contributed by atoms with Crippen molar-refractivity contribution < 1.29 is 14.7 Å². The van der Waals surface area contributed by atoms with Crippen molar-refractivity contribution >= 4 is 17.7 Å². The number of benzene rings is 1. The van der Waals surface area contributed by atoms with Gasteiger partial charge >= 0.3 is 12.0 Å². The number of hydrogen-bond donors (Lipinski definition) is 3. The molecule has 1 aliphatic carbocycles. The molecule has 19 heavy (non-hydrogen) atoms. The molecule has 6 nitrogen and oxygen atoms in total.